The van der Waals surface area contributed by atoms with E-state index in [1.165, 1.54) is 0 Å². The third kappa shape index (κ3) is 4.02. The quantitative estimate of drug-likeness (QED) is 0.352. The Kier molecular flexibility index (Phi) is 5.61. The van der Waals surface area contributed by atoms with Gasteiger partial charge in [-0.3, -0.25) is 4.79 Å². The molecule has 4 aromatic rings. The number of pyridine rings is 1. The molecule has 1 amide bonds. The summed E-state index contributed by atoms with van der Waals surface area (Å²) in [6.07, 6.45) is 5.37. The number of likely N-dealkylation sites (tertiary alicyclic amines) is 1. The van der Waals surface area contributed by atoms with E-state index < -0.39 is 0 Å². The van der Waals surface area contributed by atoms with Gasteiger partial charge in [-0.1, -0.05) is 53.2 Å². The second-order valence-electron chi connectivity index (χ2n) is 9.27. The van der Waals surface area contributed by atoms with E-state index in [-0.39, 0.29) is 11.8 Å². The fourth-order valence-corrected chi connectivity index (χ4v) is 5.46. The third-order valence-electron chi connectivity index (χ3n) is 7.07. The van der Waals surface area contributed by atoms with Crippen molar-refractivity contribution in [2.45, 2.75) is 38.5 Å². The molecule has 2 aliphatic rings. The number of rotatable bonds is 3. The largest absolute Gasteiger partial charge is 0.339 e. The minimum Gasteiger partial charge on any atom is -0.339 e. The average Bonchev–Trinajstić information content (AvgIpc) is 3.50. The molecule has 35 heavy (non-hydrogen) atoms. The zero-order chi connectivity index (χ0) is 23.9. The van der Waals surface area contributed by atoms with E-state index >= 15 is 0 Å². The number of halogens is 1. The number of aryl methyl sites for hydroxylation is 1. The van der Waals surface area contributed by atoms with Gasteiger partial charge in [0.2, 0.25) is 5.89 Å². The average molecular weight is 485 g/mol. The van der Waals surface area contributed by atoms with Gasteiger partial charge in [-0.15, -0.1) is 0 Å². The first-order valence-electron chi connectivity index (χ1n) is 12.0. The molecule has 6 nitrogen and oxygen atoms in total. The van der Waals surface area contributed by atoms with Crippen molar-refractivity contribution in [2.75, 3.05) is 13.1 Å². The monoisotopic (exact) mass is 484 g/mol. The standard InChI is InChI=1S/C28H25ClN4O2/c1-17-30-27(35-32-17)18-12-14-33(15-13-18)28(34)25-21-7-3-5-9-24(21)31-26-20(10-11-22(25)26)16-19-6-2-4-8-23(19)29/h2-9,16,18H,10-15H2,1H3/b20-16+. The molecule has 0 atom stereocenters. The second kappa shape index (κ2) is 8.93. The van der Waals surface area contributed by atoms with Gasteiger partial charge in [-0.25, -0.2) is 4.98 Å². The highest BCUT2D eigenvalue weighted by Gasteiger charge is 2.32. The van der Waals surface area contributed by atoms with E-state index in [4.69, 9.17) is 21.1 Å². The van der Waals surface area contributed by atoms with Crippen LogP contribution in [0.15, 0.2) is 53.1 Å². The van der Waals surface area contributed by atoms with E-state index in [0.29, 0.717) is 29.8 Å². The minimum atomic E-state index is 0.0824. The molecule has 1 aliphatic carbocycles. The van der Waals surface area contributed by atoms with Crippen LogP contribution >= 0.6 is 11.6 Å². The molecule has 0 saturated carbocycles. The fraction of sp³-hybridized carbons (Fsp3) is 0.286. The van der Waals surface area contributed by atoms with Gasteiger partial charge in [0.05, 0.1) is 16.8 Å². The molecule has 1 fully saturated rings. The first-order valence-corrected chi connectivity index (χ1v) is 12.4. The summed E-state index contributed by atoms with van der Waals surface area (Å²) in [6.45, 7) is 3.16. The fourth-order valence-electron chi connectivity index (χ4n) is 5.27. The molecule has 0 bridgehead atoms. The Bertz CT molecular complexity index is 1470. The van der Waals surface area contributed by atoms with Crippen molar-refractivity contribution in [1.82, 2.24) is 20.0 Å². The SMILES string of the molecule is Cc1noc(C2CCN(C(=O)c3c4c(nc5ccccc35)/C(=C/c3ccccc3Cl)CC4)CC2)n1. The Morgan fingerprint density at radius 3 is 2.60 bits per heavy atom. The summed E-state index contributed by atoms with van der Waals surface area (Å²) in [5.41, 5.74) is 5.69. The molecule has 1 aliphatic heterocycles. The predicted octanol–water partition coefficient (Wildman–Crippen LogP) is 6.09. The van der Waals surface area contributed by atoms with Crippen LogP contribution in [0.1, 0.15) is 64.1 Å². The van der Waals surface area contributed by atoms with Crippen molar-refractivity contribution >= 4 is 40.1 Å². The number of amides is 1. The lowest BCUT2D eigenvalue weighted by Crippen LogP contribution is -2.38. The lowest BCUT2D eigenvalue weighted by molar-refractivity contribution is 0.0705. The van der Waals surface area contributed by atoms with Crippen molar-refractivity contribution in [2.24, 2.45) is 0 Å². The molecule has 2 aromatic carbocycles. The second-order valence-corrected chi connectivity index (χ2v) is 9.68. The van der Waals surface area contributed by atoms with Crippen molar-refractivity contribution in [3.05, 3.63) is 87.7 Å². The zero-order valence-electron chi connectivity index (χ0n) is 19.5. The van der Waals surface area contributed by atoms with Crippen LogP contribution in [-0.4, -0.2) is 39.0 Å². The molecule has 2 aromatic heterocycles. The lowest BCUT2D eigenvalue weighted by Gasteiger charge is -2.31. The minimum absolute atomic E-state index is 0.0824. The molecule has 0 spiro atoms. The third-order valence-corrected chi connectivity index (χ3v) is 7.41. The van der Waals surface area contributed by atoms with Crippen molar-refractivity contribution < 1.29 is 9.32 Å². The van der Waals surface area contributed by atoms with Gasteiger partial charge in [-0.05, 0) is 67.5 Å². The number of aromatic nitrogens is 3. The molecule has 0 radical (unpaired) electrons. The predicted molar refractivity (Wildman–Crippen MR) is 136 cm³/mol. The number of piperidine rings is 1. The number of para-hydroxylation sites is 1. The summed E-state index contributed by atoms with van der Waals surface area (Å²) in [4.78, 5) is 25.3. The Balaban J connectivity index is 1.36. The van der Waals surface area contributed by atoms with E-state index in [1.807, 2.05) is 60.4 Å². The van der Waals surface area contributed by atoms with Crippen molar-refractivity contribution in [3.63, 3.8) is 0 Å². The van der Waals surface area contributed by atoms with Gasteiger partial charge in [0.25, 0.3) is 5.91 Å². The van der Waals surface area contributed by atoms with E-state index in [0.717, 1.165) is 64.5 Å². The Hall–Kier alpha value is -3.51. The molecule has 7 heteroatoms. The smallest absolute Gasteiger partial charge is 0.254 e. The highest BCUT2D eigenvalue weighted by molar-refractivity contribution is 6.32. The van der Waals surface area contributed by atoms with Gasteiger partial charge in [-0.2, -0.15) is 4.98 Å². The maximum absolute atomic E-state index is 13.9. The van der Waals surface area contributed by atoms with E-state index in [2.05, 4.69) is 16.2 Å². The lowest BCUT2D eigenvalue weighted by atomic mass is 9.94. The van der Waals surface area contributed by atoms with Crippen LogP contribution < -0.4 is 0 Å². The molecular weight excluding hydrogens is 460 g/mol. The molecule has 6 rings (SSSR count). The van der Waals surface area contributed by atoms with Crippen molar-refractivity contribution in [3.8, 4) is 0 Å². The molecule has 176 valence electrons. The van der Waals surface area contributed by atoms with E-state index in [1.54, 1.807) is 0 Å². The first kappa shape index (κ1) is 22.0. The number of carbonyl (C=O) groups excluding carboxylic acids is 1. The maximum atomic E-state index is 13.9. The number of benzene rings is 2. The summed E-state index contributed by atoms with van der Waals surface area (Å²) in [6, 6.07) is 15.8. The maximum Gasteiger partial charge on any atom is 0.254 e. The molecule has 0 N–H and O–H groups in total. The van der Waals surface area contributed by atoms with Crippen LogP contribution in [0.4, 0.5) is 0 Å². The van der Waals surface area contributed by atoms with Crippen LogP contribution in [0.5, 0.6) is 0 Å². The number of hydrogen-bond acceptors (Lipinski definition) is 5. The van der Waals surface area contributed by atoms with Gasteiger partial charge in [0.15, 0.2) is 5.82 Å². The summed E-state index contributed by atoms with van der Waals surface area (Å²) in [7, 11) is 0. The summed E-state index contributed by atoms with van der Waals surface area (Å²) < 4.78 is 5.38. The number of nitrogens with zero attached hydrogens (tertiary/aromatic N) is 4. The van der Waals surface area contributed by atoms with Gasteiger partial charge in [0, 0.05) is 29.4 Å². The molecule has 1 saturated heterocycles. The number of carbonyl (C=O) groups is 1. The number of allylic oxidation sites excluding steroid dienone is 1. The van der Waals surface area contributed by atoms with Crippen LogP contribution in [0.25, 0.3) is 22.6 Å². The molecular formula is C28H25ClN4O2. The Labute approximate surface area is 208 Å². The number of fused-ring (bicyclic) bond motifs is 2. The zero-order valence-corrected chi connectivity index (χ0v) is 20.3. The van der Waals surface area contributed by atoms with E-state index in [9.17, 15) is 4.79 Å². The normalized spacial score (nSPS) is 17.3. The van der Waals surface area contributed by atoms with Crippen LogP contribution in [0.3, 0.4) is 0 Å². The first-order chi connectivity index (χ1) is 17.1. The topological polar surface area (TPSA) is 72.1 Å². The van der Waals surface area contributed by atoms with Crippen LogP contribution in [0, 0.1) is 6.92 Å². The molecule has 0 unspecified atom stereocenters. The Morgan fingerprint density at radius 2 is 1.83 bits per heavy atom. The van der Waals surface area contributed by atoms with Gasteiger partial charge in [0.1, 0.15) is 0 Å². The highest BCUT2D eigenvalue weighted by atomic mass is 35.5. The summed E-state index contributed by atoms with van der Waals surface area (Å²) in [5.74, 6) is 1.61. The Morgan fingerprint density at radius 1 is 1.06 bits per heavy atom. The summed E-state index contributed by atoms with van der Waals surface area (Å²) in [5, 5.41) is 5.56. The van der Waals surface area contributed by atoms with Crippen molar-refractivity contribution in [1.29, 1.82) is 0 Å². The molecule has 3 heterocycles. The van der Waals surface area contributed by atoms with Gasteiger partial charge >= 0.3 is 0 Å². The number of hydrogen-bond donors (Lipinski definition) is 0. The highest BCUT2D eigenvalue weighted by Crippen LogP contribution is 2.39. The summed E-state index contributed by atoms with van der Waals surface area (Å²) >= 11 is 6.42. The van der Waals surface area contributed by atoms with Gasteiger partial charge < -0.3 is 9.42 Å². The van der Waals surface area contributed by atoms with Crippen LogP contribution in [-0.2, 0) is 6.42 Å². The van der Waals surface area contributed by atoms with Crippen LogP contribution in [0.2, 0.25) is 5.02 Å².